The van der Waals surface area contributed by atoms with Crippen LogP contribution in [0.4, 0.5) is 0 Å². The summed E-state index contributed by atoms with van der Waals surface area (Å²) >= 11 is 0. The fourth-order valence-corrected chi connectivity index (χ4v) is 4.38. The van der Waals surface area contributed by atoms with E-state index in [0.717, 1.165) is 25.7 Å². The molecular weight excluding hydrogens is 356 g/mol. The Labute approximate surface area is 167 Å². The van der Waals surface area contributed by atoms with Crippen molar-refractivity contribution in [3.8, 4) is 0 Å². The molecule has 0 bridgehead atoms. The number of esters is 1. The Morgan fingerprint density at radius 1 is 1.11 bits per heavy atom. The van der Waals surface area contributed by atoms with E-state index in [2.05, 4.69) is 33.9 Å². The van der Waals surface area contributed by atoms with E-state index >= 15 is 0 Å². The number of hydrogen-bond donors (Lipinski definition) is 1. The zero-order valence-electron chi connectivity index (χ0n) is 18.4. The number of aliphatic hydroxyl groups excluding tert-OH is 1. The summed E-state index contributed by atoms with van der Waals surface area (Å²) in [5.74, 6) is -0.845. The zero-order chi connectivity index (χ0) is 20.5. The van der Waals surface area contributed by atoms with E-state index in [0.29, 0.717) is 6.61 Å². The Morgan fingerprint density at radius 3 is 2.33 bits per heavy atom. The number of rotatable bonds is 2. The maximum atomic E-state index is 12.0. The number of carbonyl (C=O) groups excluding carboxylic acids is 1. The second-order valence-corrected chi connectivity index (χ2v) is 14.3. The SMILES string of the molecule is C[C@H]1C(=O)OCCCCCCCCC(O[Si](C)(C)C(C)(C)C)C/C=C/[C@H]1O. The molecule has 0 radical (unpaired) electrons. The fourth-order valence-electron chi connectivity index (χ4n) is 2.98. The molecule has 4 nitrogen and oxygen atoms in total. The van der Waals surface area contributed by atoms with E-state index in [4.69, 9.17) is 9.16 Å². The molecule has 158 valence electrons. The molecule has 0 spiro atoms. The minimum atomic E-state index is -1.83. The highest BCUT2D eigenvalue weighted by molar-refractivity contribution is 6.74. The number of ether oxygens (including phenoxy) is 1. The quantitative estimate of drug-likeness (QED) is 0.373. The highest BCUT2D eigenvalue weighted by Crippen LogP contribution is 2.38. The van der Waals surface area contributed by atoms with Crippen LogP contribution in [0.25, 0.3) is 0 Å². The highest BCUT2D eigenvalue weighted by Gasteiger charge is 2.38. The van der Waals surface area contributed by atoms with Gasteiger partial charge in [0.15, 0.2) is 8.32 Å². The molecule has 0 aliphatic carbocycles. The lowest BCUT2D eigenvalue weighted by Crippen LogP contribution is -2.43. The molecule has 1 rings (SSSR count). The fraction of sp³-hybridized carbons (Fsp3) is 0.864. The lowest BCUT2D eigenvalue weighted by Gasteiger charge is -2.39. The Morgan fingerprint density at radius 2 is 1.70 bits per heavy atom. The second-order valence-electron chi connectivity index (χ2n) is 9.52. The van der Waals surface area contributed by atoms with Crippen molar-refractivity contribution in [3.63, 3.8) is 0 Å². The normalized spacial score (nSPS) is 29.1. The molecule has 0 fully saturated rings. The number of cyclic esters (lactones) is 1. The Hall–Kier alpha value is -0.653. The molecule has 27 heavy (non-hydrogen) atoms. The number of carbonyl (C=O) groups is 1. The van der Waals surface area contributed by atoms with Crippen molar-refractivity contribution in [1.29, 1.82) is 0 Å². The van der Waals surface area contributed by atoms with E-state index in [-0.39, 0.29) is 17.1 Å². The topological polar surface area (TPSA) is 55.8 Å². The van der Waals surface area contributed by atoms with Crippen LogP contribution in [0.15, 0.2) is 12.2 Å². The molecule has 3 atom stereocenters. The third kappa shape index (κ3) is 8.92. The molecule has 1 aliphatic rings. The first-order chi connectivity index (χ1) is 12.5. The van der Waals surface area contributed by atoms with Crippen LogP contribution in [-0.2, 0) is 14.0 Å². The van der Waals surface area contributed by atoms with Gasteiger partial charge in [0, 0.05) is 6.10 Å². The predicted octanol–water partition coefficient (Wildman–Crippen LogP) is 5.61. The van der Waals surface area contributed by atoms with Gasteiger partial charge in [-0.05, 0) is 44.3 Å². The monoisotopic (exact) mass is 398 g/mol. The van der Waals surface area contributed by atoms with Gasteiger partial charge in [-0.3, -0.25) is 4.79 Å². The maximum absolute atomic E-state index is 12.0. The predicted molar refractivity (Wildman–Crippen MR) is 114 cm³/mol. The van der Waals surface area contributed by atoms with Crippen molar-refractivity contribution < 1.29 is 19.1 Å². The summed E-state index contributed by atoms with van der Waals surface area (Å²) in [6, 6.07) is 0. The van der Waals surface area contributed by atoms with Crippen LogP contribution in [0, 0.1) is 5.92 Å². The molecule has 0 aromatic rings. The van der Waals surface area contributed by atoms with Crippen molar-refractivity contribution in [2.45, 2.75) is 109 Å². The van der Waals surface area contributed by atoms with Gasteiger partial charge in [-0.15, -0.1) is 0 Å². The molecule has 5 heteroatoms. The highest BCUT2D eigenvalue weighted by atomic mass is 28.4. The van der Waals surface area contributed by atoms with Crippen LogP contribution >= 0.6 is 0 Å². The van der Waals surface area contributed by atoms with Crippen molar-refractivity contribution >= 4 is 14.3 Å². The molecule has 0 amide bonds. The van der Waals surface area contributed by atoms with E-state index < -0.39 is 20.3 Å². The van der Waals surface area contributed by atoms with Crippen LogP contribution in [0.5, 0.6) is 0 Å². The third-order valence-corrected chi connectivity index (χ3v) is 10.6. The van der Waals surface area contributed by atoms with Crippen molar-refractivity contribution in [2.75, 3.05) is 6.61 Å². The van der Waals surface area contributed by atoms with Crippen LogP contribution in [0.1, 0.15) is 79.1 Å². The zero-order valence-corrected chi connectivity index (χ0v) is 19.4. The Kier molecular flexibility index (Phi) is 10.3. The first kappa shape index (κ1) is 24.4. The minimum absolute atomic E-state index is 0.184. The van der Waals surface area contributed by atoms with Crippen LogP contribution < -0.4 is 0 Å². The lowest BCUT2D eigenvalue weighted by molar-refractivity contribution is -0.150. The van der Waals surface area contributed by atoms with E-state index in [1.807, 2.05) is 6.08 Å². The Bertz CT molecular complexity index is 467. The van der Waals surface area contributed by atoms with Gasteiger partial charge in [-0.1, -0.05) is 65.0 Å². The standard InChI is InChI=1S/C22H42O4Si/c1-18-20(23)16-13-15-19(26-27(5,6)22(2,3)4)14-11-9-7-8-10-12-17-25-21(18)24/h13,16,18-20,23H,7-12,14-15,17H2,1-6H3/b16-13+/t18-,19?,20-/m1/s1. The van der Waals surface area contributed by atoms with Gasteiger partial charge in [-0.2, -0.15) is 0 Å². The summed E-state index contributed by atoms with van der Waals surface area (Å²) in [5, 5.41) is 10.5. The molecule has 0 aromatic heterocycles. The average molecular weight is 399 g/mol. The summed E-state index contributed by atoms with van der Waals surface area (Å²) in [5.41, 5.74) is 0. The lowest BCUT2D eigenvalue weighted by atomic mass is 10.0. The number of aliphatic hydroxyl groups is 1. The van der Waals surface area contributed by atoms with Crippen molar-refractivity contribution in [1.82, 2.24) is 0 Å². The maximum Gasteiger partial charge on any atom is 0.311 e. The van der Waals surface area contributed by atoms with Gasteiger partial charge in [-0.25, -0.2) is 0 Å². The van der Waals surface area contributed by atoms with Crippen molar-refractivity contribution in [2.24, 2.45) is 5.92 Å². The molecule has 0 aromatic carbocycles. The smallest absolute Gasteiger partial charge is 0.311 e. The molecule has 1 unspecified atom stereocenters. The molecule has 0 saturated heterocycles. The minimum Gasteiger partial charge on any atom is -0.465 e. The van der Waals surface area contributed by atoms with Crippen LogP contribution in [0.2, 0.25) is 18.1 Å². The van der Waals surface area contributed by atoms with Gasteiger partial charge in [0.2, 0.25) is 0 Å². The summed E-state index contributed by atoms with van der Waals surface area (Å²) < 4.78 is 11.9. The molecule has 1 N–H and O–H groups in total. The van der Waals surface area contributed by atoms with Crippen LogP contribution in [-0.4, -0.2) is 38.2 Å². The van der Waals surface area contributed by atoms with Crippen LogP contribution in [0.3, 0.4) is 0 Å². The van der Waals surface area contributed by atoms with Gasteiger partial charge < -0.3 is 14.3 Å². The largest absolute Gasteiger partial charge is 0.465 e. The summed E-state index contributed by atoms with van der Waals surface area (Å²) in [4.78, 5) is 12.0. The van der Waals surface area contributed by atoms with E-state index in [1.165, 1.54) is 25.7 Å². The van der Waals surface area contributed by atoms with Gasteiger partial charge in [0.1, 0.15) is 0 Å². The third-order valence-electron chi connectivity index (χ3n) is 6.05. The number of hydrogen-bond acceptors (Lipinski definition) is 4. The summed E-state index contributed by atoms with van der Waals surface area (Å²) in [6.07, 6.45) is 11.8. The first-order valence-corrected chi connectivity index (χ1v) is 13.6. The second kappa shape index (κ2) is 11.4. The van der Waals surface area contributed by atoms with Gasteiger partial charge >= 0.3 is 5.97 Å². The van der Waals surface area contributed by atoms with Crippen molar-refractivity contribution in [3.05, 3.63) is 12.2 Å². The summed E-state index contributed by atoms with van der Waals surface area (Å²) in [7, 11) is -1.83. The van der Waals surface area contributed by atoms with E-state index in [1.54, 1.807) is 13.0 Å². The molecule has 0 saturated carbocycles. The molecule has 1 aliphatic heterocycles. The molecule has 1 heterocycles. The average Bonchev–Trinajstić information content (AvgIpc) is 2.56. The summed E-state index contributed by atoms with van der Waals surface area (Å²) in [6.45, 7) is 13.6. The Balaban J connectivity index is 2.79. The van der Waals surface area contributed by atoms with Gasteiger partial charge in [0.05, 0.1) is 18.6 Å². The van der Waals surface area contributed by atoms with E-state index in [9.17, 15) is 9.90 Å². The molecular formula is C22H42O4Si. The van der Waals surface area contributed by atoms with Gasteiger partial charge in [0.25, 0.3) is 0 Å². The first-order valence-electron chi connectivity index (χ1n) is 10.7.